The number of carboxylic acid groups (broad SMARTS) is 1. The lowest BCUT2D eigenvalue weighted by Gasteiger charge is -2.28. The van der Waals surface area contributed by atoms with E-state index in [0.717, 1.165) is 54.1 Å². The molecule has 1 atom stereocenters. The molecule has 0 saturated carbocycles. The van der Waals surface area contributed by atoms with Crippen molar-refractivity contribution in [1.82, 2.24) is 19.8 Å². The second kappa shape index (κ2) is 10.7. The lowest BCUT2D eigenvalue weighted by Crippen LogP contribution is -2.42. The minimum absolute atomic E-state index is 0.0117. The number of fused-ring (bicyclic) bond motifs is 1. The third-order valence-electron chi connectivity index (χ3n) is 6.32. The Labute approximate surface area is 204 Å². The predicted molar refractivity (Wildman–Crippen MR) is 119 cm³/mol. The van der Waals surface area contributed by atoms with Gasteiger partial charge in [-0.2, -0.15) is 8.78 Å². The number of amides is 2. The number of nitrogens with zero attached hydrogens (tertiary/aromatic N) is 4. The number of pyridine rings is 2. The lowest BCUT2D eigenvalue weighted by molar-refractivity contribution is -0.138. The predicted octanol–water partition coefficient (Wildman–Crippen LogP) is 4.09. The van der Waals surface area contributed by atoms with Gasteiger partial charge in [0.1, 0.15) is 0 Å². The van der Waals surface area contributed by atoms with Crippen molar-refractivity contribution in [3.63, 3.8) is 0 Å². The van der Waals surface area contributed by atoms with Crippen LogP contribution >= 0.6 is 0 Å². The van der Waals surface area contributed by atoms with E-state index in [1.165, 1.54) is 11.0 Å². The Kier molecular flexibility index (Phi) is 7.60. The molecular formula is C24H26F4N4O4. The quantitative estimate of drug-likeness (QED) is 0.484. The summed E-state index contributed by atoms with van der Waals surface area (Å²) in [5.41, 5.74) is 2.48. The van der Waals surface area contributed by atoms with Crippen LogP contribution in [0.1, 0.15) is 47.8 Å². The number of aliphatic carboxylic acids is 1. The number of carboxylic acids is 1. The van der Waals surface area contributed by atoms with Crippen LogP contribution in [0.25, 0.3) is 0 Å². The van der Waals surface area contributed by atoms with E-state index in [-0.39, 0.29) is 30.2 Å². The Morgan fingerprint density at radius 2 is 1.92 bits per heavy atom. The van der Waals surface area contributed by atoms with Crippen LogP contribution in [0, 0.1) is 0 Å². The van der Waals surface area contributed by atoms with Crippen LogP contribution in [-0.2, 0) is 24.1 Å². The van der Waals surface area contributed by atoms with Crippen molar-refractivity contribution in [1.29, 1.82) is 0 Å². The van der Waals surface area contributed by atoms with Gasteiger partial charge in [0.2, 0.25) is 5.88 Å². The average Bonchev–Trinajstić information content (AvgIpc) is 3.16. The van der Waals surface area contributed by atoms with Gasteiger partial charge >= 0.3 is 18.6 Å². The summed E-state index contributed by atoms with van der Waals surface area (Å²) in [6, 6.07) is 4.17. The van der Waals surface area contributed by atoms with E-state index in [1.807, 2.05) is 6.07 Å². The second-order valence-corrected chi connectivity index (χ2v) is 8.97. The van der Waals surface area contributed by atoms with Gasteiger partial charge in [-0.1, -0.05) is 12.1 Å². The molecule has 0 bridgehead atoms. The fraction of sp³-hybridized carbons (Fsp3) is 0.500. The van der Waals surface area contributed by atoms with Gasteiger partial charge < -0.3 is 19.6 Å². The molecule has 1 saturated heterocycles. The number of aryl methyl sites for hydroxylation is 2. The first-order chi connectivity index (χ1) is 17.1. The zero-order valence-corrected chi connectivity index (χ0v) is 19.4. The highest BCUT2D eigenvalue weighted by Gasteiger charge is 2.41. The van der Waals surface area contributed by atoms with Crippen LogP contribution in [0.4, 0.5) is 22.4 Å². The Morgan fingerprint density at radius 3 is 2.61 bits per heavy atom. The van der Waals surface area contributed by atoms with Crippen LogP contribution in [-0.4, -0.2) is 69.0 Å². The standard InChI is InChI=1S/C24H26F4N4O4/c25-22(26)36-20-8-6-16(13-29-20)19(11-21(33)34)32-10-9-31(23(32)35)14-24(27,28)12-17-7-5-15-3-1-2-4-18(15)30-17/h5-8,13,19,22H,1-4,9-12,14H2,(H,33,34)/t19-/m0/s1. The first-order valence-corrected chi connectivity index (χ1v) is 11.6. The molecule has 1 N–H and O–H groups in total. The summed E-state index contributed by atoms with van der Waals surface area (Å²) >= 11 is 0. The van der Waals surface area contributed by atoms with E-state index < -0.39 is 50.0 Å². The maximum Gasteiger partial charge on any atom is 0.388 e. The van der Waals surface area contributed by atoms with Gasteiger partial charge in [0.05, 0.1) is 25.4 Å². The third kappa shape index (κ3) is 6.21. The van der Waals surface area contributed by atoms with Crippen molar-refractivity contribution < 1.29 is 37.0 Å². The number of rotatable bonds is 10. The number of halogens is 4. The first-order valence-electron chi connectivity index (χ1n) is 11.6. The van der Waals surface area contributed by atoms with Crippen LogP contribution in [0.15, 0.2) is 30.5 Å². The van der Waals surface area contributed by atoms with Gasteiger partial charge in [-0.3, -0.25) is 9.78 Å². The molecule has 3 heterocycles. The van der Waals surface area contributed by atoms with E-state index in [2.05, 4.69) is 14.7 Å². The van der Waals surface area contributed by atoms with E-state index in [0.29, 0.717) is 0 Å². The van der Waals surface area contributed by atoms with Crippen LogP contribution < -0.4 is 4.74 Å². The Morgan fingerprint density at radius 1 is 1.14 bits per heavy atom. The monoisotopic (exact) mass is 510 g/mol. The topological polar surface area (TPSA) is 95.9 Å². The minimum atomic E-state index is -3.24. The molecule has 4 rings (SSSR count). The number of alkyl halides is 4. The molecule has 2 amide bonds. The van der Waals surface area contributed by atoms with Crippen molar-refractivity contribution in [2.75, 3.05) is 19.6 Å². The lowest BCUT2D eigenvalue weighted by atomic mass is 9.95. The molecule has 1 fully saturated rings. The molecule has 194 valence electrons. The highest BCUT2D eigenvalue weighted by Crippen LogP contribution is 2.31. The molecule has 8 nitrogen and oxygen atoms in total. The molecule has 0 spiro atoms. The van der Waals surface area contributed by atoms with Crippen LogP contribution in [0.5, 0.6) is 5.88 Å². The van der Waals surface area contributed by atoms with Gasteiger partial charge in [0, 0.05) is 36.7 Å². The van der Waals surface area contributed by atoms with Gasteiger partial charge in [0.15, 0.2) is 0 Å². The summed E-state index contributed by atoms with van der Waals surface area (Å²) in [7, 11) is 0. The molecule has 0 unspecified atom stereocenters. The Hall–Kier alpha value is -3.44. The van der Waals surface area contributed by atoms with Gasteiger partial charge in [-0.05, 0) is 42.9 Å². The van der Waals surface area contributed by atoms with Crippen LogP contribution in [0.3, 0.4) is 0 Å². The smallest absolute Gasteiger partial charge is 0.388 e. The number of carbonyl (C=O) groups is 2. The summed E-state index contributed by atoms with van der Waals surface area (Å²) in [6.45, 7) is -3.90. The average molecular weight is 510 g/mol. The molecule has 0 radical (unpaired) electrons. The van der Waals surface area contributed by atoms with E-state index in [4.69, 9.17) is 0 Å². The molecule has 2 aromatic rings. The van der Waals surface area contributed by atoms with E-state index >= 15 is 0 Å². The molecule has 1 aliphatic heterocycles. The largest absolute Gasteiger partial charge is 0.481 e. The third-order valence-corrected chi connectivity index (χ3v) is 6.32. The molecule has 2 aromatic heterocycles. The van der Waals surface area contributed by atoms with E-state index in [1.54, 1.807) is 6.07 Å². The number of carbonyl (C=O) groups excluding carboxylic acids is 1. The fourth-order valence-electron chi connectivity index (χ4n) is 4.69. The molecular weight excluding hydrogens is 484 g/mol. The van der Waals surface area contributed by atoms with Crippen molar-refractivity contribution in [2.45, 2.75) is 57.1 Å². The number of hydrogen-bond acceptors (Lipinski definition) is 5. The van der Waals surface area contributed by atoms with Gasteiger partial charge in [0.25, 0.3) is 5.92 Å². The van der Waals surface area contributed by atoms with E-state index in [9.17, 15) is 32.3 Å². The summed E-state index contributed by atoms with van der Waals surface area (Å²) in [6.07, 6.45) is 3.72. The summed E-state index contributed by atoms with van der Waals surface area (Å²) in [5.74, 6) is -4.82. The molecule has 2 aliphatic rings. The van der Waals surface area contributed by atoms with Gasteiger partial charge in [-0.15, -0.1) is 0 Å². The first kappa shape index (κ1) is 25.6. The second-order valence-electron chi connectivity index (χ2n) is 8.97. The summed E-state index contributed by atoms with van der Waals surface area (Å²) < 4.78 is 58.8. The number of urea groups is 1. The van der Waals surface area contributed by atoms with Crippen molar-refractivity contribution in [3.8, 4) is 5.88 Å². The van der Waals surface area contributed by atoms with Crippen molar-refractivity contribution in [3.05, 3.63) is 53.0 Å². The highest BCUT2D eigenvalue weighted by atomic mass is 19.3. The minimum Gasteiger partial charge on any atom is -0.481 e. The Balaban J connectivity index is 1.44. The molecule has 1 aliphatic carbocycles. The maximum absolute atomic E-state index is 14.9. The summed E-state index contributed by atoms with van der Waals surface area (Å²) in [5, 5.41) is 9.34. The van der Waals surface area contributed by atoms with Crippen molar-refractivity contribution in [2.24, 2.45) is 0 Å². The normalized spacial score (nSPS) is 16.9. The molecule has 0 aromatic carbocycles. The SMILES string of the molecule is O=C(O)C[C@@H](c1ccc(OC(F)F)nc1)N1CCN(CC(F)(F)Cc2ccc3c(n2)CCCC3)C1=O. The number of aromatic nitrogens is 2. The Bertz CT molecular complexity index is 1100. The number of ether oxygens (including phenoxy) is 1. The molecule has 36 heavy (non-hydrogen) atoms. The zero-order chi connectivity index (χ0) is 25.9. The zero-order valence-electron chi connectivity index (χ0n) is 19.4. The maximum atomic E-state index is 14.9. The van der Waals surface area contributed by atoms with Gasteiger partial charge in [-0.25, -0.2) is 18.6 Å². The highest BCUT2D eigenvalue weighted by molar-refractivity contribution is 5.78. The number of hydrogen-bond donors (Lipinski definition) is 1. The summed E-state index contributed by atoms with van der Waals surface area (Å²) in [4.78, 5) is 34.8. The fourth-order valence-corrected chi connectivity index (χ4v) is 4.69. The molecule has 12 heteroatoms. The van der Waals surface area contributed by atoms with Crippen LogP contribution in [0.2, 0.25) is 0 Å². The van der Waals surface area contributed by atoms with Crippen molar-refractivity contribution >= 4 is 12.0 Å².